The van der Waals surface area contributed by atoms with Crippen LogP contribution in [0.25, 0.3) is 6.08 Å². The largest absolute Gasteiger partial charge is 0.445 e. The maximum Gasteiger partial charge on any atom is 0.407 e. The summed E-state index contributed by atoms with van der Waals surface area (Å²) in [6, 6.07) is 17.7. The van der Waals surface area contributed by atoms with Crippen molar-refractivity contribution in [2.24, 2.45) is 0 Å². The minimum Gasteiger partial charge on any atom is -0.445 e. The lowest BCUT2D eigenvalue weighted by molar-refractivity contribution is 0.141. The normalized spacial score (nSPS) is 10.5. The molecular weight excluding hydrogens is 262 g/mol. The van der Waals surface area contributed by atoms with Crippen molar-refractivity contribution >= 4 is 12.2 Å². The molecule has 3 nitrogen and oxygen atoms in total. The summed E-state index contributed by atoms with van der Waals surface area (Å²) < 4.78 is 5.12. The number of rotatable bonds is 5. The molecule has 0 fully saturated rings. The van der Waals surface area contributed by atoms with E-state index in [9.17, 15) is 4.79 Å². The molecule has 1 amide bonds. The van der Waals surface area contributed by atoms with E-state index in [1.807, 2.05) is 60.7 Å². The Kier molecular flexibility index (Phi) is 5.59. The van der Waals surface area contributed by atoms with Gasteiger partial charge in [0, 0.05) is 6.54 Å². The zero-order valence-electron chi connectivity index (χ0n) is 12.1. The molecule has 21 heavy (non-hydrogen) atoms. The van der Waals surface area contributed by atoms with Gasteiger partial charge in [0.1, 0.15) is 6.61 Å². The number of nitrogens with one attached hydrogen (secondary N) is 1. The average molecular weight is 281 g/mol. The Morgan fingerprint density at radius 1 is 1.10 bits per heavy atom. The average Bonchev–Trinajstić information content (AvgIpc) is 2.52. The van der Waals surface area contributed by atoms with E-state index in [2.05, 4.69) is 18.3 Å². The molecule has 0 spiro atoms. The highest BCUT2D eigenvalue weighted by atomic mass is 16.5. The van der Waals surface area contributed by atoms with Gasteiger partial charge >= 0.3 is 6.09 Å². The zero-order valence-corrected chi connectivity index (χ0v) is 12.1. The number of ether oxygens (including phenoxy) is 1. The summed E-state index contributed by atoms with van der Waals surface area (Å²) in [6.45, 7) is 2.79. The highest BCUT2D eigenvalue weighted by Gasteiger charge is 2.00. The van der Waals surface area contributed by atoms with E-state index < -0.39 is 6.09 Å². The van der Waals surface area contributed by atoms with E-state index in [1.165, 1.54) is 5.56 Å². The lowest BCUT2D eigenvalue weighted by atomic mass is 10.1. The molecule has 2 aromatic carbocycles. The molecule has 0 aliphatic heterocycles. The van der Waals surface area contributed by atoms with Crippen molar-refractivity contribution in [3.63, 3.8) is 0 Å². The molecule has 3 heteroatoms. The smallest absolute Gasteiger partial charge is 0.407 e. The predicted octanol–water partition coefficient (Wildman–Crippen LogP) is 3.93. The third-order valence-corrected chi connectivity index (χ3v) is 3.06. The van der Waals surface area contributed by atoms with Crippen LogP contribution < -0.4 is 5.32 Å². The maximum atomic E-state index is 11.5. The number of carbonyl (C=O) groups is 1. The summed E-state index contributed by atoms with van der Waals surface area (Å²) in [6.07, 6.45) is 3.49. The second-order valence-corrected chi connectivity index (χ2v) is 4.70. The van der Waals surface area contributed by atoms with Gasteiger partial charge in [0.2, 0.25) is 0 Å². The minimum atomic E-state index is -0.409. The van der Waals surface area contributed by atoms with Crippen LogP contribution in [0.1, 0.15) is 16.7 Å². The fourth-order valence-electron chi connectivity index (χ4n) is 1.88. The van der Waals surface area contributed by atoms with E-state index in [-0.39, 0.29) is 6.61 Å². The van der Waals surface area contributed by atoms with E-state index in [1.54, 1.807) is 0 Å². The van der Waals surface area contributed by atoms with Crippen LogP contribution in [0.4, 0.5) is 4.79 Å². The third-order valence-electron chi connectivity index (χ3n) is 3.06. The van der Waals surface area contributed by atoms with Gasteiger partial charge in [-0.15, -0.1) is 0 Å². The van der Waals surface area contributed by atoms with Gasteiger partial charge in [0.15, 0.2) is 0 Å². The first-order chi connectivity index (χ1) is 10.3. The van der Waals surface area contributed by atoms with E-state index in [0.717, 1.165) is 11.1 Å². The fraction of sp³-hybridized carbons (Fsp3) is 0.167. The first-order valence-electron chi connectivity index (χ1n) is 6.92. The van der Waals surface area contributed by atoms with Gasteiger partial charge in [0.05, 0.1) is 0 Å². The molecule has 0 radical (unpaired) electrons. The van der Waals surface area contributed by atoms with Crippen LogP contribution in [0.5, 0.6) is 0 Å². The van der Waals surface area contributed by atoms with Crippen molar-refractivity contribution in [2.75, 3.05) is 6.54 Å². The quantitative estimate of drug-likeness (QED) is 0.901. The monoisotopic (exact) mass is 281 g/mol. The van der Waals surface area contributed by atoms with E-state index >= 15 is 0 Å². The molecule has 0 aliphatic carbocycles. The van der Waals surface area contributed by atoms with Crippen LogP contribution in [0.2, 0.25) is 0 Å². The third kappa shape index (κ3) is 5.15. The molecule has 2 aromatic rings. The number of amides is 1. The number of alkyl carbamates (subject to hydrolysis) is 1. The summed E-state index contributed by atoms with van der Waals surface area (Å²) >= 11 is 0. The highest BCUT2D eigenvalue weighted by Crippen LogP contribution is 2.08. The number of benzene rings is 2. The van der Waals surface area contributed by atoms with Crippen LogP contribution >= 0.6 is 0 Å². The van der Waals surface area contributed by atoms with Crippen molar-refractivity contribution < 1.29 is 9.53 Å². The SMILES string of the molecule is Cc1ccccc1C=CCNC(=O)OCc1ccccc1. The van der Waals surface area contributed by atoms with Crippen molar-refractivity contribution in [1.29, 1.82) is 0 Å². The summed E-state index contributed by atoms with van der Waals surface area (Å²) in [5.74, 6) is 0. The van der Waals surface area contributed by atoms with Crippen molar-refractivity contribution in [1.82, 2.24) is 5.32 Å². The van der Waals surface area contributed by atoms with Crippen molar-refractivity contribution in [3.8, 4) is 0 Å². The zero-order chi connectivity index (χ0) is 14.9. The first-order valence-corrected chi connectivity index (χ1v) is 6.92. The topological polar surface area (TPSA) is 38.3 Å². The molecular formula is C18H19NO2. The molecule has 0 bridgehead atoms. The first kappa shape index (κ1) is 14.9. The Labute approximate surface area is 125 Å². The van der Waals surface area contributed by atoms with Crippen LogP contribution in [-0.2, 0) is 11.3 Å². The molecule has 0 atom stereocenters. The van der Waals surface area contributed by atoms with Gasteiger partial charge in [-0.05, 0) is 23.6 Å². The standard InChI is InChI=1S/C18H19NO2/c1-15-8-5-6-11-17(15)12-7-13-19-18(20)21-14-16-9-3-2-4-10-16/h2-12H,13-14H2,1H3,(H,19,20). The Morgan fingerprint density at radius 2 is 1.81 bits per heavy atom. The number of hydrogen-bond donors (Lipinski definition) is 1. The Bertz CT molecular complexity index is 606. The van der Waals surface area contributed by atoms with Crippen LogP contribution in [-0.4, -0.2) is 12.6 Å². The maximum absolute atomic E-state index is 11.5. The van der Waals surface area contributed by atoms with Gasteiger partial charge in [-0.25, -0.2) is 4.79 Å². The predicted molar refractivity (Wildman–Crippen MR) is 84.8 cm³/mol. The Hall–Kier alpha value is -2.55. The summed E-state index contributed by atoms with van der Waals surface area (Å²) in [7, 11) is 0. The highest BCUT2D eigenvalue weighted by molar-refractivity contribution is 5.67. The molecule has 0 aromatic heterocycles. The number of hydrogen-bond acceptors (Lipinski definition) is 2. The fourth-order valence-corrected chi connectivity index (χ4v) is 1.88. The summed E-state index contributed by atoms with van der Waals surface area (Å²) in [5, 5.41) is 2.69. The van der Waals surface area contributed by atoms with Crippen LogP contribution in [0.15, 0.2) is 60.7 Å². The van der Waals surface area contributed by atoms with Crippen molar-refractivity contribution in [3.05, 3.63) is 77.4 Å². The van der Waals surface area contributed by atoms with Gasteiger partial charge in [-0.2, -0.15) is 0 Å². The molecule has 0 heterocycles. The molecule has 1 N–H and O–H groups in total. The van der Waals surface area contributed by atoms with Gasteiger partial charge in [0.25, 0.3) is 0 Å². The summed E-state index contributed by atoms with van der Waals surface area (Å²) in [4.78, 5) is 11.5. The number of aryl methyl sites for hydroxylation is 1. The molecule has 2 rings (SSSR count). The van der Waals surface area contributed by atoms with Gasteiger partial charge in [-0.3, -0.25) is 0 Å². The number of carbonyl (C=O) groups excluding carboxylic acids is 1. The van der Waals surface area contributed by atoms with Crippen molar-refractivity contribution in [2.45, 2.75) is 13.5 Å². The van der Waals surface area contributed by atoms with E-state index in [4.69, 9.17) is 4.74 Å². The Balaban J connectivity index is 1.71. The lowest BCUT2D eigenvalue weighted by Crippen LogP contribution is -2.24. The van der Waals surface area contributed by atoms with E-state index in [0.29, 0.717) is 6.54 Å². The van der Waals surface area contributed by atoms with Gasteiger partial charge in [-0.1, -0.05) is 66.7 Å². The molecule has 0 aliphatic rings. The molecule has 0 saturated carbocycles. The molecule has 108 valence electrons. The van der Waals surface area contributed by atoms with Gasteiger partial charge < -0.3 is 10.1 Å². The molecule has 0 unspecified atom stereocenters. The lowest BCUT2D eigenvalue weighted by Gasteiger charge is -2.05. The molecule has 0 saturated heterocycles. The Morgan fingerprint density at radius 3 is 2.57 bits per heavy atom. The second-order valence-electron chi connectivity index (χ2n) is 4.70. The minimum absolute atomic E-state index is 0.286. The second kappa shape index (κ2) is 7.90. The van der Waals surface area contributed by atoms with Crippen LogP contribution in [0.3, 0.4) is 0 Å². The summed E-state index contributed by atoms with van der Waals surface area (Å²) in [5.41, 5.74) is 3.33. The van der Waals surface area contributed by atoms with Crippen LogP contribution in [0, 0.1) is 6.92 Å².